The van der Waals surface area contributed by atoms with Gasteiger partial charge in [-0.25, -0.2) is 0 Å². The van der Waals surface area contributed by atoms with Crippen LogP contribution in [0.25, 0.3) is 0 Å². The van der Waals surface area contributed by atoms with Gasteiger partial charge in [-0.2, -0.15) is 13.2 Å². The summed E-state index contributed by atoms with van der Waals surface area (Å²) >= 11 is 0. The number of carbonyl (C=O) groups excluding carboxylic acids is 1. The first kappa shape index (κ1) is 14.9. The Morgan fingerprint density at radius 1 is 1.10 bits per heavy atom. The zero-order valence-electron chi connectivity index (χ0n) is 11.2. The molecule has 0 bridgehead atoms. The first-order valence-corrected chi connectivity index (χ1v) is 6.12. The minimum Gasteiger partial charge on any atom is -0.399 e. The van der Waals surface area contributed by atoms with E-state index in [9.17, 15) is 18.0 Å². The van der Waals surface area contributed by atoms with E-state index >= 15 is 0 Å². The SMILES string of the molecule is Cc1cc(N)ccc1C(=O)Nc1ccc(C(F)(F)F)cc1. The monoisotopic (exact) mass is 294 g/mol. The van der Waals surface area contributed by atoms with Crippen LogP contribution in [0.2, 0.25) is 0 Å². The van der Waals surface area contributed by atoms with Gasteiger partial charge in [-0.15, -0.1) is 0 Å². The van der Waals surface area contributed by atoms with E-state index in [4.69, 9.17) is 5.73 Å². The van der Waals surface area contributed by atoms with Gasteiger partial charge in [-0.1, -0.05) is 0 Å². The molecular formula is C15H13F3N2O. The minimum atomic E-state index is -4.39. The fourth-order valence-corrected chi connectivity index (χ4v) is 1.88. The summed E-state index contributed by atoms with van der Waals surface area (Å²) in [6, 6.07) is 9.10. The molecule has 0 heterocycles. The second-order valence-corrected chi connectivity index (χ2v) is 4.60. The summed E-state index contributed by atoms with van der Waals surface area (Å²) in [4.78, 5) is 12.1. The van der Waals surface area contributed by atoms with E-state index in [-0.39, 0.29) is 0 Å². The maximum atomic E-state index is 12.4. The molecule has 21 heavy (non-hydrogen) atoms. The highest BCUT2D eigenvalue weighted by atomic mass is 19.4. The Bertz CT molecular complexity index is 664. The highest BCUT2D eigenvalue weighted by Crippen LogP contribution is 2.29. The van der Waals surface area contributed by atoms with Crippen molar-refractivity contribution in [1.29, 1.82) is 0 Å². The average molecular weight is 294 g/mol. The van der Waals surface area contributed by atoms with Crippen LogP contribution in [-0.4, -0.2) is 5.91 Å². The van der Waals surface area contributed by atoms with Gasteiger partial charge in [0, 0.05) is 16.9 Å². The second-order valence-electron chi connectivity index (χ2n) is 4.60. The number of benzene rings is 2. The number of hydrogen-bond donors (Lipinski definition) is 2. The Balaban J connectivity index is 2.16. The lowest BCUT2D eigenvalue weighted by atomic mass is 10.1. The van der Waals surface area contributed by atoms with Crippen LogP contribution in [0.5, 0.6) is 0 Å². The van der Waals surface area contributed by atoms with Crippen molar-refractivity contribution >= 4 is 17.3 Å². The van der Waals surface area contributed by atoms with E-state index in [0.717, 1.165) is 12.1 Å². The number of aryl methyl sites for hydroxylation is 1. The van der Waals surface area contributed by atoms with Crippen LogP contribution in [0.4, 0.5) is 24.5 Å². The predicted molar refractivity (Wildman–Crippen MR) is 75.0 cm³/mol. The number of alkyl halides is 3. The molecule has 0 aromatic heterocycles. The van der Waals surface area contributed by atoms with Crippen molar-refractivity contribution in [3.63, 3.8) is 0 Å². The fourth-order valence-electron chi connectivity index (χ4n) is 1.88. The molecule has 0 saturated carbocycles. The molecule has 0 aliphatic heterocycles. The van der Waals surface area contributed by atoms with E-state index in [1.54, 1.807) is 25.1 Å². The lowest BCUT2D eigenvalue weighted by Gasteiger charge is -2.10. The fraction of sp³-hybridized carbons (Fsp3) is 0.133. The van der Waals surface area contributed by atoms with Crippen LogP contribution in [0, 0.1) is 6.92 Å². The molecule has 6 heteroatoms. The van der Waals surface area contributed by atoms with Crippen LogP contribution in [-0.2, 0) is 6.18 Å². The van der Waals surface area contributed by atoms with Crippen LogP contribution >= 0.6 is 0 Å². The Kier molecular flexibility index (Phi) is 3.88. The number of halogens is 3. The molecule has 0 aliphatic rings. The van der Waals surface area contributed by atoms with Crippen LogP contribution in [0.15, 0.2) is 42.5 Å². The highest BCUT2D eigenvalue weighted by Gasteiger charge is 2.30. The number of anilines is 2. The summed E-state index contributed by atoms with van der Waals surface area (Å²) < 4.78 is 37.3. The van der Waals surface area contributed by atoms with Gasteiger partial charge in [0.05, 0.1) is 5.56 Å². The van der Waals surface area contributed by atoms with E-state index in [1.807, 2.05) is 0 Å². The van der Waals surface area contributed by atoms with Gasteiger partial charge in [-0.3, -0.25) is 4.79 Å². The maximum Gasteiger partial charge on any atom is 0.416 e. The summed E-state index contributed by atoms with van der Waals surface area (Å²) in [6.07, 6.45) is -4.39. The van der Waals surface area contributed by atoms with E-state index in [2.05, 4.69) is 5.32 Å². The Labute approximate surface area is 119 Å². The summed E-state index contributed by atoms with van der Waals surface area (Å²) in [5.74, 6) is -0.396. The first-order chi connectivity index (χ1) is 9.77. The largest absolute Gasteiger partial charge is 0.416 e. The van der Waals surface area contributed by atoms with Gasteiger partial charge < -0.3 is 11.1 Å². The van der Waals surface area contributed by atoms with Crippen molar-refractivity contribution in [3.05, 3.63) is 59.2 Å². The van der Waals surface area contributed by atoms with Gasteiger partial charge in [0.25, 0.3) is 5.91 Å². The third-order valence-electron chi connectivity index (χ3n) is 2.97. The van der Waals surface area contributed by atoms with Crippen LogP contribution < -0.4 is 11.1 Å². The van der Waals surface area contributed by atoms with Crippen molar-refractivity contribution in [2.24, 2.45) is 0 Å². The third kappa shape index (κ3) is 3.53. The lowest BCUT2D eigenvalue weighted by Crippen LogP contribution is -2.14. The smallest absolute Gasteiger partial charge is 0.399 e. The number of nitrogens with one attached hydrogen (secondary N) is 1. The Morgan fingerprint density at radius 2 is 1.71 bits per heavy atom. The van der Waals surface area contributed by atoms with Crippen LogP contribution in [0.1, 0.15) is 21.5 Å². The van der Waals surface area contributed by atoms with E-state index in [1.165, 1.54) is 12.1 Å². The average Bonchev–Trinajstić information content (AvgIpc) is 2.38. The molecule has 0 spiro atoms. The minimum absolute atomic E-state index is 0.296. The zero-order valence-corrected chi connectivity index (χ0v) is 11.2. The van der Waals surface area contributed by atoms with Gasteiger partial charge in [-0.05, 0) is 55.0 Å². The molecule has 0 fully saturated rings. The molecule has 1 amide bonds. The quantitative estimate of drug-likeness (QED) is 0.827. The zero-order chi connectivity index (χ0) is 15.6. The van der Waals surface area contributed by atoms with E-state index in [0.29, 0.717) is 22.5 Å². The normalized spacial score (nSPS) is 11.2. The molecule has 0 radical (unpaired) electrons. The molecule has 3 nitrogen and oxygen atoms in total. The number of nitrogen functional groups attached to an aromatic ring is 1. The molecule has 0 aliphatic carbocycles. The van der Waals surface area contributed by atoms with Crippen molar-refractivity contribution in [1.82, 2.24) is 0 Å². The lowest BCUT2D eigenvalue weighted by molar-refractivity contribution is -0.137. The van der Waals surface area contributed by atoms with Gasteiger partial charge in [0.2, 0.25) is 0 Å². The summed E-state index contributed by atoms with van der Waals surface area (Å²) in [6.45, 7) is 1.73. The summed E-state index contributed by atoms with van der Waals surface area (Å²) in [5, 5.41) is 2.55. The molecule has 0 saturated heterocycles. The Morgan fingerprint density at radius 3 is 2.24 bits per heavy atom. The predicted octanol–water partition coefficient (Wildman–Crippen LogP) is 3.85. The summed E-state index contributed by atoms with van der Waals surface area (Å²) in [7, 11) is 0. The van der Waals surface area contributed by atoms with E-state index < -0.39 is 17.6 Å². The molecule has 0 atom stereocenters. The summed E-state index contributed by atoms with van der Waals surface area (Å²) in [5.41, 5.74) is 6.79. The molecule has 110 valence electrons. The number of amides is 1. The van der Waals surface area contributed by atoms with Crippen molar-refractivity contribution in [2.45, 2.75) is 13.1 Å². The Hall–Kier alpha value is -2.50. The number of nitrogens with two attached hydrogens (primary N) is 1. The van der Waals surface area contributed by atoms with Gasteiger partial charge in [0.1, 0.15) is 0 Å². The van der Waals surface area contributed by atoms with Crippen LogP contribution in [0.3, 0.4) is 0 Å². The molecule has 0 unspecified atom stereocenters. The number of rotatable bonds is 2. The molecule has 2 rings (SSSR count). The van der Waals surface area contributed by atoms with Gasteiger partial charge >= 0.3 is 6.18 Å². The van der Waals surface area contributed by atoms with Crippen molar-refractivity contribution in [2.75, 3.05) is 11.1 Å². The molecular weight excluding hydrogens is 281 g/mol. The van der Waals surface area contributed by atoms with Crippen molar-refractivity contribution < 1.29 is 18.0 Å². The highest BCUT2D eigenvalue weighted by molar-refractivity contribution is 6.05. The number of hydrogen-bond acceptors (Lipinski definition) is 2. The third-order valence-corrected chi connectivity index (χ3v) is 2.97. The molecule has 2 aromatic carbocycles. The number of carbonyl (C=O) groups is 1. The van der Waals surface area contributed by atoms with Gasteiger partial charge in [0.15, 0.2) is 0 Å². The maximum absolute atomic E-state index is 12.4. The second kappa shape index (κ2) is 5.47. The standard InChI is InChI=1S/C15H13F3N2O/c1-9-8-11(19)4-7-13(9)14(21)20-12-5-2-10(3-6-12)15(16,17)18/h2-8H,19H2,1H3,(H,20,21). The van der Waals surface area contributed by atoms with Crippen molar-refractivity contribution in [3.8, 4) is 0 Å². The molecule has 2 aromatic rings. The topological polar surface area (TPSA) is 55.1 Å². The first-order valence-electron chi connectivity index (χ1n) is 6.12. The molecule has 3 N–H and O–H groups in total.